The molecule has 4 heteroatoms. The van der Waals surface area contributed by atoms with E-state index in [2.05, 4.69) is 34.2 Å². The van der Waals surface area contributed by atoms with Crippen molar-refractivity contribution in [2.24, 2.45) is 0 Å². The highest BCUT2D eigenvalue weighted by molar-refractivity contribution is 9.10. The first-order chi connectivity index (χ1) is 8.81. The second-order valence-electron chi connectivity index (χ2n) is 4.86. The second-order valence-corrected chi connectivity index (χ2v) is 6.74. The van der Waals surface area contributed by atoms with Gasteiger partial charge in [0.2, 0.25) is 0 Å². The summed E-state index contributed by atoms with van der Waals surface area (Å²) in [5, 5.41) is 3.65. The van der Waals surface area contributed by atoms with Crippen LogP contribution in [0.4, 0.5) is 0 Å². The number of ether oxygens (including phenoxy) is 1. The van der Waals surface area contributed by atoms with Crippen LogP contribution in [0.1, 0.15) is 36.1 Å². The van der Waals surface area contributed by atoms with Gasteiger partial charge in [0.1, 0.15) is 5.75 Å². The molecule has 3 rings (SSSR count). The first kappa shape index (κ1) is 12.8. The lowest BCUT2D eigenvalue weighted by atomic mass is 9.97. The molecule has 0 saturated heterocycles. The molecule has 0 fully saturated rings. The zero-order chi connectivity index (χ0) is 12.5. The fraction of sp³-hybridized carbons (Fsp3) is 0.571. The summed E-state index contributed by atoms with van der Waals surface area (Å²) in [5.74, 6) is 3.41. The third-order valence-electron chi connectivity index (χ3n) is 3.59. The van der Waals surface area contributed by atoms with Gasteiger partial charge in [-0.25, -0.2) is 0 Å². The van der Waals surface area contributed by atoms with Crippen molar-refractivity contribution in [3.8, 4) is 5.75 Å². The van der Waals surface area contributed by atoms with Crippen LogP contribution in [-0.2, 0) is 12.2 Å². The monoisotopic (exact) mass is 327 g/mol. The minimum atomic E-state index is 0.461. The summed E-state index contributed by atoms with van der Waals surface area (Å²) < 4.78 is 7.10. The average molecular weight is 328 g/mol. The maximum absolute atomic E-state index is 5.84. The summed E-state index contributed by atoms with van der Waals surface area (Å²) in [6, 6.07) is 2.72. The van der Waals surface area contributed by atoms with Crippen LogP contribution in [0.3, 0.4) is 0 Å². The SMILES string of the molecule is CCCNC1CSCc2c3c(cc(Br)c21)CCO3. The molecular weight excluding hydrogens is 310 g/mol. The molecule has 0 aromatic heterocycles. The fourth-order valence-corrected chi connectivity index (χ4v) is 4.67. The Morgan fingerprint density at radius 3 is 3.28 bits per heavy atom. The van der Waals surface area contributed by atoms with Crippen LogP contribution in [0, 0.1) is 0 Å². The van der Waals surface area contributed by atoms with Crippen molar-refractivity contribution in [2.75, 3.05) is 18.9 Å². The number of hydrogen-bond acceptors (Lipinski definition) is 3. The van der Waals surface area contributed by atoms with Crippen molar-refractivity contribution in [1.82, 2.24) is 5.32 Å². The number of thioether (sulfide) groups is 1. The van der Waals surface area contributed by atoms with Gasteiger partial charge in [-0.3, -0.25) is 0 Å². The van der Waals surface area contributed by atoms with Crippen molar-refractivity contribution in [3.63, 3.8) is 0 Å². The second kappa shape index (κ2) is 5.43. The molecule has 0 amide bonds. The molecule has 98 valence electrons. The Morgan fingerprint density at radius 1 is 1.56 bits per heavy atom. The van der Waals surface area contributed by atoms with Gasteiger partial charge in [-0.1, -0.05) is 22.9 Å². The van der Waals surface area contributed by atoms with E-state index in [0.29, 0.717) is 6.04 Å². The van der Waals surface area contributed by atoms with E-state index in [-0.39, 0.29) is 0 Å². The van der Waals surface area contributed by atoms with Gasteiger partial charge in [0.05, 0.1) is 6.61 Å². The Morgan fingerprint density at radius 2 is 2.44 bits per heavy atom. The fourth-order valence-electron chi connectivity index (χ4n) is 2.75. The molecule has 0 aliphatic carbocycles. The predicted octanol–water partition coefficient (Wildman–Crippen LogP) is 3.67. The number of halogens is 1. The molecule has 1 aromatic rings. The Labute approximate surface area is 121 Å². The minimum absolute atomic E-state index is 0.461. The van der Waals surface area contributed by atoms with E-state index in [0.717, 1.165) is 31.1 Å². The van der Waals surface area contributed by atoms with Crippen LogP contribution in [-0.4, -0.2) is 18.9 Å². The molecule has 2 aliphatic heterocycles. The van der Waals surface area contributed by atoms with Crippen LogP contribution < -0.4 is 10.1 Å². The van der Waals surface area contributed by atoms with E-state index in [1.54, 1.807) is 0 Å². The van der Waals surface area contributed by atoms with Crippen molar-refractivity contribution in [1.29, 1.82) is 0 Å². The minimum Gasteiger partial charge on any atom is -0.493 e. The number of hydrogen-bond donors (Lipinski definition) is 1. The lowest BCUT2D eigenvalue weighted by Gasteiger charge is -2.28. The first-order valence-electron chi connectivity index (χ1n) is 6.59. The Kier molecular flexibility index (Phi) is 3.87. The molecule has 1 unspecified atom stereocenters. The molecule has 2 aliphatic rings. The smallest absolute Gasteiger partial charge is 0.127 e. The van der Waals surface area contributed by atoms with Gasteiger partial charge >= 0.3 is 0 Å². The Balaban J connectivity index is 2.01. The number of fused-ring (bicyclic) bond motifs is 3. The highest BCUT2D eigenvalue weighted by Crippen LogP contribution is 2.44. The normalized spacial score (nSPS) is 21.3. The van der Waals surface area contributed by atoms with Gasteiger partial charge in [0.25, 0.3) is 0 Å². The molecule has 0 radical (unpaired) electrons. The van der Waals surface area contributed by atoms with Crippen molar-refractivity contribution in [2.45, 2.75) is 31.6 Å². The van der Waals surface area contributed by atoms with Crippen LogP contribution in [0.2, 0.25) is 0 Å². The van der Waals surface area contributed by atoms with Crippen molar-refractivity contribution >= 4 is 27.7 Å². The molecule has 2 heterocycles. The van der Waals surface area contributed by atoms with E-state index in [1.807, 2.05) is 11.8 Å². The molecule has 0 saturated carbocycles. The van der Waals surface area contributed by atoms with E-state index >= 15 is 0 Å². The van der Waals surface area contributed by atoms with E-state index in [9.17, 15) is 0 Å². The number of benzene rings is 1. The van der Waals surface area contributed by atoms with Gasteiger partial charge in [-0.15, -0.1) is 0 Å². The standard InChI is InChI=1S/C14H18BrNOS/c1-2-4-16-12-8-18-7-10-13(12)11(15)6-9-3-5-17-14(9)10/h6,12,16H,2-5,7-8H2,1H3. The van der Waals surface area contributed by atoms with Gasteiger partial charge < -0.3 is 10.1 Å². The molecular formula is C14H18BrNOS. The number of nitrogens with one attached hydrogen (secondary N) is 1. The van der Waals surface area contributed by atoms with Gasteiger partial charge in [0.15, 0.2) is 0 Å². The van der Waals surface area contributed by atoms with Crippen LogP contribution >= 0.6 is 27.7 Å². The third-order valence-corrected chi connectivity index (χ3v) is 5.30. The summed E-state index contributed by atoms with van der Waals surface area (Å²) in [4.78, 5) is 0. The molecule has 0 spiro atoms. The van der Waals surface area contributed by atoms with E-state index < -0.39 is 0 Å². The molecule has 2 nitrogen and oxygen atoms in total. The average Bonchev–Trinajstić information content (AvgIpc) is 2.84. The molecule has 1 N–H and O–H groups in total. The van der Waals surface area contributed by atoms with Crippen LogP contribution in [0.25, 0.3) is 0 Å². The summed E-state index contributed by atoms with van der Waals surface area (Å²) >= 11 is 5.77. The van der Waals surface area contributed by atoms with Crippen molar-refractivity contribution < 1.29 is 4.74 Å². The quantitative estimate of drug-likeness (QED) is 0.915. The van der Waals surface area contributed by atoms with E-state index in [4.69, 9.17) is 4.74 Å². The molecule has 0 bridgehead atoms. The van der Waals surface area contributed by atoms with E-state index in [1.165, 1.54) is 33.3 Å². The van der Waals surface area contributed by atoms with Gasteiger partial charge in [0, 0.05) is 34.0 Å². The topological polar surface area (TPSA) is 21.3 Å². The lowest BCUT2D eigenvalue weighted by molar-refractivity contribution is 0.353. The zero-order valence-electron chi connectivity index (χ0n) is 10.6. The van der Waals surface area contributed by atoms with Gasteiger partial charge in [-0.05, 0) is 30.2 Å². The van der Waals surface area contributed by atoms with Crippen molar-refractivity contribution in [3.05, 3.63) is 27.2 Å². The summed E-state index contributed by atoms with van der Waals surface area (Å²) in [6.45, 7) is 4.13. The first-order valence-corrected chi connectivity index (χ1v) is 8.54. The van der Waals surface area contributed by atoms with Gasteiger partial charge in [-0.2, -0.15) is 11.8 Å². The summed E-state index contributed by atoms with van der Waals surface area (Å²) in [6.07, 6.45) is 2.23. The summed E-state index contributed by atoms with van der Waals surface area (Å²) in [7, 11) is 0. The Bertz CT molecular complexity index is 464. The van der Waals surface area contributed by atoms with Crippen LogP contribution in [0.5, 0.6) is 5.75 Å². The highest BCUT2D eigenvalue weighted by Gasteiger charge is 2.29. The number of rotatable bonds is 3. The maximum atomic E-state index is 5.84. The maximum Gasteiger partial charge on any atom is 0.127 e. The highest BCUT2D eigenvalue weighted by atomic mass is 79.9. The third kappa shape index (κ3) is 2.19. The molecule has 18 heavy (non-hydrogen) atoms. The zero-order valence-corrected chi connectivity index (χ0v) is 13.0. The largest absolute Gasteiger partial charge is 0.493 e. The summed E-state index contributed by atoms with van der Waals surface area (Å²) in [5.41, 5.74) is 4.22. The molecule has 1 aromatic carbocycles. The lowest BCUT2D eigenvalue weighted by Crippen LogP contribution is -2.28. The molecule has 1 atom stereocenters. The van der Waals surface area contributed by atoms with Crippen LogP contribution in [0.15, 0.2) is 10.5 Å². The Hall–Kier alpha value is -0.190. The predicted molar refractivity (Wildman–Crippen MR) is 80.5 cm³/mol.